The van der Waals surface area contributed by atoms with E-state index in [0.29, 0.717) is 0 Å². The Morgan fingerprint density at radius 2 is 1.89 bits per heavy atom. The van der Waals surface area contributed by atoms with Crippen LogP contribution in [-0.4, -0.2) is 17.9 Å². The van der Waals surface area contributed by atoms with Gasteiger partial charge < -0.3 is 4.90 Å². The van der Waals surface area contributed by atoms with E-state index < -0.39 is 0 Å². The molecule has 0 spiro atoms. The number of aryl methyl sites for hydroxylation is 1. The van der Waals surface area contributed by atoms with Crippen molar-refractivity contribution in [3.05, 3.63) is 57.8 Å². The molecule has 0 saturated carbocycles. The molecule has 1 aliphatic heterocycles. The van der Waals surface area contributed by atoms with Crippen LogP contribution in [0, 0.1) is 6.92 Å². The van der Waals surface area contributed by atoms with Crippen molar-refractivity contribution in [2.75, 3.05) is 7.05 Å². The number of hydrogen-bond donors (Lipinski definition) is 1. The summed E-state index contributed by atoms with van der Waals surface area (Å²) >= 11 is 1.73. The highest BCUT2D eigenvalue weighted by molar-refractivity contribution is 7.12. The fourth-order valence-corrected chi connectivity index (χ4v) is 3.41. The van der Waals surface area contributed by atoms with Crippen LogP contribution in [0.3, 0.4) is 0 Å². The second kappa shape index (κ2) is 4.79. The fraction of sp³-hybridized carbons (Fsp3) is 0.267. The lowest BCUT2D eigenvalue weighted by atomic mass is 10.1. The molecule has 0 radical (unpaired) electrons. The second-order valence-electron chi connectivity index (χ2n) is 4.81. The number of thiophene rings is 1. The third-order valence-electron chi connectivity index (χ3n) is 3.47. The van der Waals surface area contributed by atoms with Crippen LogP contribution >= 0.6 is 11.3 Å². The average molecular weight is 272 g/mol. The predicted octanol–water partition coefficient (Wildman–Crippen LogP) is 2.86. The Balaban J connectivity index is 1.89. The first-order valence-electron chi connectivity index (χ1n) is 6.31. The lowest BCUT2D eigenvalue weighted by Crippen LogP contribution is -2.24. The molecule has 1 N–H and O–H groups in total. The van der Waals surface area contributed by atoms with Crippen molar-refractivity contribution >= 4 is 17.2 Å². The quantitative estimate of drug-likeness (QED) is 0.911. The van der Waals surface area contributed by atoms with Crippen molar-refractivity contribution < 1.29 is 4.79 Å². The highest BCUT2D eigenvalue weighted by Gasteiger charge is 2.38. The highest BCUT2D eigenvalue weighted by atomic mass is 32.1. The summed E-state index contributed by atoms with van der Waals surface area (Å²) in [6, 6.07) is 13.8. The van der Waals surface area contributed by atoms with Crippen LogP contribution in [0.2, 0.25) is 0 Å². The van der Waals surface area contributed by atoms with E-state index in [9.17, 15) is 4.79 Å². The van der Waals surface area contributed by atoms with Gasteiger partial charge in [-0.15, -0.1) is 11.3 Å². The van der Waals surface area contributed by atoms with Gasteiger partial charge in [0.1, 0.15) is 12.2 Å². The van der Waals surface area contributed by atoms with Gasteiger partial charge in [0, 0.05) is 16.8 Å². The van der Waals surface area contributed by atoms with Crippen molar-refractivity contribution in [2.24, 2.45) is 0 Å². The van der Waals surface area contributed by atoms with Gasteiger partial charge in [-0.3, -0.25) is 10.1 Å². The molecular weight excluding hydrogens is 256 g/mol. The summed E-state index contributed by atoms with van der Waals surface area (Å²) < 4.78 is 0. The summed E-state index contributed by atoms with van der Waals surface area (Å²) in [6.07, 6.45) is -0.0172. The molecule has 1 fully saturated rings. The fourth-order valence-electron chi connectivity index (χ4n) is 2.43. The molecular formula is C15H16N2OS. The zero-order valence-corrected chi connectivity index (χ0v) is 11.8. The molecule has 2 unspecified atom stereocenters. The van der Waals surface area contributed by atoms with Gasteiger partial charge in [0.15, 0.2) is 0 Å². The Kier molecular flexibility index (Phi) is 3.12. The summed E-state index contributed by atoms with van der Waals surface area (Å²) in [7, 11) is 1.86. The summed E-state index contributed by atoms with van der Waals surface area (Å²) in [5.41, 5.74) is 1.02. The highest BCUT2D eigenvalue weighted by Crippen LogP contribution is 2.34. The smallest absolute Gasteiger partial charge is 0.245 e. The molecule has 0 aliphatic carbocycles. The molecule has 1 aromatic carbocycles. The van der Waals surface area contributed by atoms with Crippen LogP contribution in [0.1, 0.15) is 27.5 Å². The molecule has 1 saturated heterocycles. The van der Waals surface area contributed by atoms with E-state index in [4.69, 9.17) is 0 Å². The monoisotopic (exact) mass is 272 g/mol. The first-order chi connectivity index (χ1) is 9.16. The number of carbonyl (C=O) groups is 1. The molecule has 2 aromatic rings. The van der Waals surface area contributed by atoms with Gasteiger partial charge in [0.2, 0.25) is 5.91 Å². The van der Waals surface area contributed by atoms with Crippen LogP contribution in [0.25, 0.3) is 0 Å². The SMILES string of the molecule is Cc1ccc(C2NC(c3ccccc3)C(=O)N2C)s1. The molecule has 2 atom stereocenters. The van der Waals surface area contributed by atoms with Gasteiger partial charge in [-0.05, 0) is 24.6 Å². The van der Waals surface area contributed by atoms with E-state index in [1.54, 1.807) is 16.2 Å². The molecule has 1 aromatic heterocycles. The van der Waals surface area contributed by atoms with Crippen molar-refractivity contribution in [2.45, 2.75) is 19.1 Å². The van der Waals surface area contributed by atoms with Crippen molar-refractivity contribution in [3.63, 3.8) is 0 Å². The number of likely N-dealkylation sites (N-methyl/N-ethyl adjacent to an activating group) is 1. The summed E-state index contributed by atoms with van der Waals surface area (Å²) in [5, 5.41) is 3.42. The predicted molar refractivity (Wildman–Crippen MR) is 76.9 cm³/mol. The molecule has 98 valence electrons. The first-order valence-corrected chi connectivity index (χ1v) is 7.12. The molecule has 19 heavy (non-hydrogen) atoms. The van der Waals surface area contributed by atoms with Crippen molar-refractivity contribution in [1.29, 1.82) is 0 Å². The molecule has 3 rings (SSSR count). The Hall–Kier alpha value is -1.65. The third kappa shape index (κ3) is 2.17. The Labute approximate surface area is 116 Å². The third-order valence-corrected chi connectivity index (χ3v) is 4.52. The van der Waals surface area contributed by atoms with E-state index in [1.165, 1.54) is 9.75 Å². The van der Waals surface area contributed by atoms with Crippen LogP contribution in [0.4, 0.5) is 0 Å². The van der Waals surface area contributed by atoms with E-state index in [1.807, 2.05) is 37.4 Å². The van der Waals surface area contributed by atoms with Crippen LogP contribution < -0.4 is 5.32 Å². The van der Waals surface area contributed by atoms with E-state index in [0.717, 1.165) is 5.56 Å². The number of amides is 1. The van der Waals surface area contributed by atoms with Gasteiger partial charge in [0.25, 0.3) is 0 Å². The number of nitrogens with zero attached hydrogens (tertiary/aromatic N) is 1. The van der Waals surface area contributed by atoms with Crippen LogP contribution in [0.15, 0.2) is 42.5 Å². The van der Waals surface area contributed by atoms with Gasteiger partial charge in [0.05, 0.1) is 0 Å². The number of carbonyl (C=O) groups excluding carboxylic acids is 1. The van der Waals surface area contributed by atoms with Crippen LogP contribution in [0.5, 0.6) is 0 Å². The average Bonchev–Trinajstić information content (AvgIpc) is 2.97. The number of hydrogen-bond acceptors (Lipinski definition) is 3. The Bertz CT molecular complexity index is 593. The van der Waals surface area contributed by atoms with Gasteiger partial charge >= 0.3 is 0 Å². The zero-order chi connectivity index (χ0) is 13.4. The molecule has 0 bridgehead atoms. The number of nitrogens with one attached hydrogen (secondary N) is 1. The maximum Gasteiger partial charge on any atom is 0.245 e. The maximum atomic E-state index is 12.4. The summed E-state index contributed by atoms with van der Waals surface area (Å²) in [4.78, 5) is 16.6. The topological polar surface area (TPSA) is 32.3 Å². The largest absolute Gasteiger partial charge is 0.324 e. The van der Waals surface area contributed by atoms with Crippen molar-refractivity contribution in [1.82, 2.24) is 10.2 Å². The Morgan fingerprint density at radius 3 is 2.53 bits per heavy atom. The molecule has 3 nitrogen and oxygen atoms in total. The molecule has 4 heteroatoms. The van der Waals surface area contributed by atoms with Gasteiger partial charge in [-0.25, -0.2) is 0 Å². The lowest BCUT2D eigenvalue weighted by molar-refractivity contribution is -0.128. The summed E-state index contributed by atoms with van der Waals surface area (Å²) in [5.74, 6) is 0.127. The Morgan fingerprint density at radius 1 is 1.16 bits per heavy atom. The summed E-state index contributed by atoms with van der Waals surface area (Å²) in [6.45, 7) is 2.08. The molecule has 2 heterocycles. The number of benzene rings is 1. The standard InChI is InChI=1S/C15H16N2OS/c1-10-8-9-12(19-10)14-16-13(15(18)17(14)2)11-6-4-3-5-7-11/h3-9,13-14,16H,1-2H3. The maximum absolute atomic E-state index is 12.4. The number of rotatable bonds is 2. The van der Waals surface area contributed by atoms with E-state index in [-0.39, 0.29) is 18.1 Å². The minimum atomic E-state index is -0.237. The second-order valence-corrected chi connectivity index (χ2v) is 6.13. The van der Waals surface area contributed by atoms with Gasteiger partial charge in [-0.2, -0.15) is 0 Å². The lowest BCUT2D eigenvalue weighted by Gasteiger charge is -2.17. The van der Waals surface area contributed by atoms with Gasteiger partial charge in [-0.1, -0.05) is 30.3 Å². The van der Waals surface area contributed by atoms with Crippen molar-refractivity contribution in [3.8, 4) is 0 Å². The molecule has 1 aliphatic rings. The minimum absolute atomic E-state index is 0.0172. The van der Waals surface area contributed by atoms with E-state index >= 15 is 0 Å². The first kappa shape index (κ1) is 12.4. The van der Waals surface area contributed by atoms with E-state index in [2.05, 4.69) is 24.4 Å². The van der Waals surface area contributed by atoms with Crippen LogP contribution in [-0.2, 0) is 4.79 Å². The minimum Gasteiger partial charge on any atom is -0.324 e. The zero-order valence-electron chi connectivity index (χ0n) is 11.0. The molecule has 1 amide bonds. The normalized spacial score (nSPS) is 23.1.